The molecule has 0 aliphatic heterocycles. The van der Waals surface area contributed by atoms with Crippen LogP contribution < -0.4 is 9.30 Å². The summed E-state index contributed by atoms with van der Waals surface area (Å²) >= 11 is 0. The van der Waals surface area contributed by atoms with Crippen molar-refractivity contribution in [2.45, 2.75) is 78.6 Å². The quantitative estimate of drug-likeness (QED) is 0.128. The largest absolute Gasteiger partial charge is 0.510 e. The number of hydrogen-bond acceptors (Lipinski definition) is 3. The van der Waals surface area contributed by atoms with Crippen molar-refractivity contribution in [2.75, 3.05) is 0 Å². The topological polar surface area (TPSA) is 48.8 Å². The van der Waals surface area contributed by atoms with Crippen molar-refractivity contribution < 1.29 is 30.4 Å². The maximum absolute atomic E-state index is 6.40. The number of benzene rings is 4. The number of ether oxygens (including phenoxy) is 1. The van der Waals surface area contributed by atoms with Crippen LogP contribution in [0.25, 0.3) is 39.0 Å². The molecular weight excluding hydrogens is 798 g/mol. The van der Waals surface area contributed by atoms with E-state index in [2.05, 4.69) is 151 Å². The van der Waals surface area contributed by atoms with Gasteiger partial charge in [0.25, 0.3) is 0 Å². The molecule has 7 aromatic rings. The maximum atomic E-state index is 6.40. The predicted molar refractivity (Wildman–Crippen MR) is 196 cm³/mol. The van der Waals surface area contributed by atoms with Crippen LogP contribution in [0.1, 0.15) is 79.0 Å². The number of para-hydroxylation sites is 1. The van der Waals surface area contributed by atoms with E-state index in [9.17, 15) is 0 Å². The second-order valence-electron chi connectivity index (χ2n) is 15.9. The van der Waals surface area contributed by atoms with E-state index in [0.717, 1.165) is 39.0 Å². The Bertz CT molecular complexity index is 2300. The van der Waals surface area contributed by atoms with Crippen LogP contribution in [-0.2, 0) is 37.3 Å². The summed E-state index contributed by atoms with van der Waals surface area (Å²) in [6.07, 6.45) is 7.07. The molecule has 0 N–H and O–H groups in total. The SMILES string of the molecule is CC(C)(C)c1cc(-[n+]2[c-]n(-c3[c-]c(Oc4[c-]c5c(cc4)c4ccccc4n5-c4cc(C(C)(C)C)ccn4)ccc3)nc2)cc(C(C)(C)C)c1.[Pt]. The second kappa shape index (κ2) is 13.0. The normalized spacial score (nSPS) is 12.3. The van der Waals surface area contributed by atoms with E-state index in [4.69, 9.17) is 9.72 Å². The summed E-state index contributed by atoms with van der Waals surface area (Å²) in [7, 11) is 0. The Morgan fingerprint density at radius 1 is 0.660 bits per heavy atom. The van der Waals surface area contributed by atoms with Gasteiger partial charge in [0.2, 0.25) is 6.33 Å². The molecule has 258 valence electrons. The maximum Gasteiger partial charge on any atom is 0.210 e. The first-order valence-electron chi connectivity index (χ1n) is 16.8. The number of pyridine rings is 1. The molecule has 0 amide bonds. The Balaban J connectivity index is 0.00000432. The average Bonchev–Trinajstić information content (AvgIpc) is 3.67. The van der Waals surface area contributed by atoms with Crippen molar-refractivity contribution in [3.63, 3.8) is 0 Å². The summed E-state index contributed by atoms with van der Waals surface area (Å²) < 4.78 is 12.2. The molecule has 7 heteroatoms. The molecule has 7 rings (SSSR count). The zero-order valence-corrected chi connectivity index (χ0v) is 32.5. The fourth-order valence-corrected chi connectivity index (χ4v) is 6.03. The van der Waals surface area contributed by atoms with Crippen LogP contribution in [0.3, 0.4) is 0 Å². The van der Waals surface area contributed by atoms with Gasteiger partial charge in [-0.2, -0.15) is 22.9 Å². The summed E-state index contributed by atoms with van der Waals surface area (Å²) in [5.74, 6) is 2.00. The molecule has 0 atom stereocenters. The molecule has 0 spiro atoms. The van der Waals surface area contributed by atoms with Crippen LogP contribution in [-0.4, -0.2) is 19.3 Å². The van der Waals surface area contributed by atoms with E-state index in [1.807, 2.05) is 35.0 Å². The Morgan fingerprint density at radius 2 is 1.34 bits per heavy atom. The van der Waals surface area contributed by atoms with E-state index >= 15 is 0 Å². The minimum atomic E-state index is -0.00755. The van der Waals surface area contributed by atoms with Gasteiger partial charge in [-0.1, -0.05) is 104 Å². The summed E-state index contributed by atoms with van der Waals surface area (Å²) in [6, 6.07) is 36.2. The Kier molecular flexibility index (Phi) is 9.15. The molecule has 3 heterocycles. The number of nitrogens with zero attached hydrogens (tertiary/aromatic N) is 5. The van der Waals surface area contributed by atoms with Crippen molar-refractivity contribution in [3.8, 4) is 28.7 Å². The van der Waals surface area contributed by atoms with E-state index in [1.54, 1.807) is 11.0 Å². The molecular formula is C43H43N5OPt-2. The van der Waals surface area contributed by atoms with Gasteiger partial charge < -0.3 is 13.9 Å². The summed E-state index contributed by atoms with van der Waals surface area (Å²) in [5, 5.41) is 6.88. The molecule has 3 aromatic heterocycles. The Labute approximate surface area is 310 Å². The molecule has 0 aliphatic carbocycles. The van der Waals surface area contributed by atoms with Crippen molar-refractivity contribution in [2.24, 2.45) is 0 Å². The zero-order chi connectivity index (χ0) is 34.7. The monoisotopic (exact) mass is 840 g/mol. The van der Waals surface area contributed by atoms with E-state index in [-0.39, 0.29) is 37.3 Å². The third kappa shape index (κ3) is 6.91. The molecule has 0 fully saturated rings. The molecule has 0 saturated carbocycles. The molecule has 0 aliphatic rings. The van der Waals surface area contributed by atoms with Crippen LogP contribution in [0, 0.1) is 18.5 Å². The van der Waals surface area contributed by atoms with Crippen LogP contribution >= 0.6 is 0 Å². The standard InChI is InChI=1S/C43H43N5O.Pt/c1-41(2,3)29-19-20-44-40(24-29)48-38-16-11-10-15-36(38)37-18-17-35(26-39(37)48)49-34-14-12-13-32(25-34)47-28-46(27-45-47)33-22-30(42(4,5)6)21-31(23-33)43(7,8)9;/h10-24,27H,1-9H3;/q-2;. The first-order valence-corrected chi connectivity index (χ1v) is 16.8. The first kappa shape index (κ1) is 35.3. The molecule has 0 saturated heterocycles. The number of rotatable bonds is 5. The fourth-order valence-electron chi connectivity index (χ4n) is 6.03. The predicted octanol–water partition coefficient (Wildman–Crippen LogP) is 9.72. The molecule has 0 bridgehead atoms. The van der Waals surface area contributed by atoms with E-state index < -0.39 is 0 Å². The van der Waals surface area contributed by atoms with Gasteiger partial charge >= 0.3 is 0 Å². The van der Waals surface area contributed by atoms with Crippen molar-refractivity contribution >= 4 is 21.8 Å². The van der Waals surface area contributed by atoms with Crippen LogP contribution in [0.4, 0.5) is 0 Å². The summed E-state index contributed by atoms with van der Waals surface area (Å²) in [6.45, 7) is 20.1. The number of hydrogen-bond donors (Lipinski definition) is 0. The van der Waals surface area contributed by atoms with Crippen LogP contribution in [0.2, 0.25) is 0 Å². The van der Waals surface area contributed by atoms with Gasteiger partial charge in [-0.15, -0.1) is 29.7 Å². The minimum absolute atomic E-state index is 0. The molecule has 0 unspecified atom stereocenters. The fraction of sp³-hybridized carbons (Fsp3) is 0.279. The molecule has 4 aromatic carbocycles. The van der Waals surface area contributed by atoms with Gasteiger partial charge in [0, 0.05) is 50.0 Å². The average molecular weight is 841 g/mol. The smallest absolute Gasteiger partial charge is 0.210 e. The molecule has 50 heavy (non-hydrogen) atoms. The Hall–Kier alpha value is -4.54. The minimum Gasteiger partial charge on any atom is -0.510 e. The summed E-state index contributed by atoms with van der Waals surface area (Å²) in [5.41, 5.74) is 7.49. The van der Waals surface area contributed by atoms with Crippen molar-refractivity contribution in [1.82, 2.24) is 19.3 Å². The summed E-state index contributed by atoms with van der Waals surface area (Å²) in [4.78, 5) is 4.79. The third-order valence-electron chi connectivity index (χ3n) is 9.01. The molecule has 0 radical (unpaired) electrons. The van der Waals surface area contributed by atoms with Gasteiger partial charge in [-0.3, -0.25) is 0 Å². The number of fused-ring (bicyclic) bond motifs is 3. The molecule has 6 nitrogen and oxygen atoms in total. The van der Waals surface area contributed by atoms with Crippen molar-refractivity contribution in [1.29, 1.82) is 0 Å². The van der Waals surface area contributed by atoms with Crippen LogP contribution in [0.15, 0.2) is 97.5 Å². The van der Waals surface area contributed by atoms with E-state index in [1.165, 1.54) is 16.7 Å². The van der Waals surface area contributed by atoms with E-state index in [0.29, 0.717) is 11.5 Å². The van der Waals surface area contributed by atoms with Gasteiger partial charge in [0.05, 0.1) is 0 Å². The van der Waals surface area contributed by atoms with Gasteiger partial charge in [0.15, 0.2) is 6.33 Å². The third-order valence-corrected chi connectivity index (χ3v) is 9.01. The number of aromatic nitrogens is 5. The van der Waals surface area contributed by atoms with Gasteiger partial charge in [0.1, 0.15) is 5.82 Å². The zero-order valence-electron chi connectivity index (χ0n) is 30.2. The second-order valence-corrected chi connectivity index (χ2v) is 15.9. The van der Waals surface area contributed by atoms with Gasteiger partial charge in [-0.05, 0) is 67.3 Å². The van der Waals surface area contributed by atoms with Crippen LogP contribution in [0.5, 0.6) is 11.5 Å². The first-order chi connectivity index (χ1) is 23.1. The van der Waals surface area contributed by atoms with Crippen molar-refractivity contribution in [3.05, 3.63) is 133 Å². The van der Waals surface area contributed by atoms with Gasteiger partial charge in [-0.25, -0.2) is 4.98 Å². The Morgan fingerprint density at radius 3 is 2.04 bits per heavy atom.